The van der Waals surface area contributed by atoms with Gasteiger partial charge in [0.15, 0.2) is 12.4 Å². The Morgan fingerprint density at radius 3 is 2.52 bits per heavy atom. The normalized spacial score (nSPS) is 15.4. The van der Waals surface area contributed by atoms with Gasteiger partial charge in [-0.15, -0.1) is 0 Å². The molecule has 134 valence electrons. The fourth-order valence-electron chi connectivity index (χ4n) is 2.91. The zero-order chi connectivity index (χ0) is 17.8. The highest BCUT2D eigenvalue weighted by molar-refractivity contribution is 5.77. The molecule has 0 bridgehead atoms. The standard InChI is InChI=1S/C19H25N3O3/c1-14-4-5-17(10-15(14)2)24-13-19(23)22-8-6-21(7-9-22)12-18-11-16(3)20-25-18/h4-5,10-11H,6-9,12-13H2,1-3H3. The zero-order valence-electron chi connectivity index (χ0n) is 15.1. The van der Waals surface area contributed by atoms with Gasteiger partial charge in [-0.2, -0.15) is 0 Å². The van der Waals surface area contributed by atoms with E-state index in [1.54, 1.807) is 0 Å². The Morgan fingerprint density at radius 1 is 1.12 bits per heavy atom. The van der Waals surface area contributed by atoms with Crippen LogP contribution in [0.4, 0.5) is 0 Å². The van der Waals surface area contributed by atoms with E-state index in [1.165, 1.54) is 11.1 Å². The lowest BCUT2D eigenvalue weighted by Gasteiger charge is -2.34. The van der Waals surface area contributed by atoms with Gasteiger partial charge >= 0.3 is 0 Å². The van der Waals surface area contributed by atoms with Gasteiger partial charge in [0.1, 0.15) is 5.75 Å². The molecule has 1 amide bonds. The Morgan fingerprint density at radius 2 is 1.88 bits per heavy atom. The summed E-state index contributed by atoms with van der Waals surface area (Å²) in [5.41, 5.74) is 3.28. The number of ether oxygens (including phenoxy) is 1. The molecular formula is C19H25N3O3. The van der Waals surface area contributed by atoms with Crippen molar-refractivity contribution >= 4 is 5.91 Å². The Labute approximate surface area is 148 Å². The van der Waals surface area contributed by atoms with Gasteiger partial charge in [-0.3, -0.25) is 9.69 Å². The third-order valence-electron chi connectivity index (χ3n) is 4.62. The van der Waals surface area contributed by atoms with Gasteiger partial charge in [0.25, 0.3) is 5.91 Å². The fourth-order valence-corrected chi connectivity index (χ4v) is 2.91. The van der Waals surface area contributed by atoms with E-state index in [1.807, 2.05) is 43.0 Å². The summed E-state index contributed by atoms with van der Waals surface area (Å²) in [4.78, 5) is 16.5. The van der Waals surface area contributed by atoms with Crippen LogP contribution < -0.4 is 4.74 Å². The molecule has 2 heterocycles. The third-order valence-corrected chi connectivity index (χ3v) is 4.62. The van der Waals surface area contributed by atoms with E-state index in [0.29, 0.717) is 13.1 Å². The Kier molecular flexibility index (Phi) is 5.38. The molecule has 1 saturated heterocycles. The van der Waals surface area contributed by atoms with Crippen LogP contribution in [0, 0.1) is 20.8 Å². The van der Waals surface area contributed by atoms with Crippen LogP contribution in [-0.4, -0.2) is 53.6 Å². The lowest BCUT2D eigenvalue weighted by Crippen LogP contribution is -2.49. The number of piperazine rings is 1. The van der Waals surface area contributed by atoms with E-state index in [9.17, 15) is 4.79 Å². The summed E-state index contributed by atoms with van der Waals surface area (Å²) in [6.45, 7) is 9.92. The van der Waals surface area contributed by atoms with Crippen molar-refractivity contribution in [2.45, 2.75) is 27.3 Å². The maximum atomic E-state index is 12.3. The van der Waals surface area contributed by atoms with Crippen molar-refractivity contribution in [2.24, 2.45) is 0 Å². The van der Waals surface area contributed by atoms with Gasteiger partial charge in [0.2, 0.25) is 0 Å². The summed E-state index contributed by atoms with van der Waals surface area (Å²) < 4.78 is 10.9. The number of benzene rings is 1. The highest BCUT2D eigenvalue weighted by Gasteiger charge is 2.22. The van der Waals surface area contributed by atoms with Gasteiger partial charge in [-0.25, -0.2) is 0 Å². The third kappa shape index (κ3) is 4.60. The van der Waals surface area contributed by atoms with Crippen LogP contribution in [0.1, 0.15) is 22.6 Å². The molecular weight excluding hydrogens is 318 g/mol. The molecule has 1 aliphatic heterocycles. The second-order valence-electron chi connectivity index (χ2n) is 6.63. The molecule has 0 aliphatic carbocycles. The molecule has 0 N–H and O–H groups in total. The fraction of sp³-hybridized carbons (Fsp3) is 0.474. The van der Waals surface area contributed by atoms with E-state index in [4.69, 9.17) is 9.26 Å². The minimum Gasteiger partial charge on any atom is -0.484 e. The van der Waals surface area contributed by atoms with Crippen LogP contribution in [-0.2, 0) is 11.3 Å². The van der Waals surface area contributed by atoms with E-state index in [-0.39, 0.29) is 12.5 Å². The number of rotatable bonds is 5. The molecule has 0 radical (unpaired) electrons. The SMILES string of the molecule is Cc1cc(CN2CCN(C(=O)COc3ccc(C)c(C)c3)CC2)on1. The average molecular weight is 343 g/mol. The van der Waals surface area contributed by atoms with Gasteiger partial charge in [-0.05, 0) is 44.0 Å². The molecule has 0 saturated carbocycles. The maximum Gasteiger partial charge on any atom is 0.260 e. The van der Waals surface area contributed by atoms with Crippen molar-refractivity contribution in [3.05, 3.63) is 46.8 Å². The number of carbonyl (C=O) groups excluding carboxylic acids is 1. The summed E-state index contributed by atoms with van der Waals surface area (Å²) in [6.07, 6.45) is 0. The first-order valence-electron chi connectivity index (χ1n) is 8.63. The Balaban J connectivity index is 1.44. The first-order valence-corrected chi connectivity index (χ1v) is 8.63. The molecule has 25 heavy (non-hydrogen) atoms. The van der Waals surface area contributed by atoms with Crippen molar-refractivity contribution in [2.75, 3.05) is 32.8 Å². The quantitative estimate of drug-likeness (QED) is 0.834. The van der Waals surface area contributed by atoms with E-state index in [2.05, 4.69) is 17.0 Å². The zero-order valence-corrected chi connectivity index (χ0v) is 15.1. The van der Waals surface area contributed by atoms with Crippen molar-refractivity contribution < 1.29 is 14.1 Å². The predicted octanol–water partition coefficient (Wildman–Crippen LogP) is 2.32. The summed E-state index contributed by atoms with van der Waals surface area (Å²) in [7, 11) is 0. The summed E-state index contributed by atoms with van der Waals surface area (Å²) in [5, 5.41) is 3.91. The van der Waals surface area contributed by atoms with Crippen LogP contribution in [0.3, 0.4) is 0 Å². The minimum absolute atomic E-state index is 0.0355. The monoisotopic (exact) mass is 343 g/mol. The van der Waals surface area contributed by atoms with E-state index >= 15 is 0 Å². The van der Waals surface area contributed by atoms with E-state index < -0.39 is 0 Å². The lowest BCUT2D eigenvalue weighted by atomic mass is 10.1. The average Bonchev–Trinajstić information content (AvgIpc) is 3.01. The van der Waals surface area contributed by atoms with Crippen LogP contribution in [0.25, 0.3) is 0 Å². The lowest BCUT2D eigenvalue weighted by molar-refractivity contribution is -0.135. The maximum absolute atomic E-state index is 12.3. The molecule has 6 nitrogen and oxygen atoms in total. The number of hydrogen-bond donors (Lipinski definition) is 0. The number of nitrogens with zero attached hydrogens (tertiary/aromatic N) is 3. The highest BCUT2D eigenvalue weighted by atomic mass is 16.5. The smallest absolute Gasteiger partial charge is 0.260 e. The van der Waals surface area contributed by atoms with Crippen LogP contribution in [0.2, 0.25) is 0 Å². The number of amides is 1. The highest BCUT2D eigenvalue weighted by Crippen LogP contribution is 2.16. The molecule has 1 aromatic heterocycles. The first-order chi connectivity index (χ1) is 12.0. The van der Waals surface area contributed by atoms with E-state index in [0.717, 1.165) is 36.8 Å². The van der Waals surface area contributed by atoms with Crippen molar-refractivity contribution in [3.8, 4) is 5.75 Å². The molecule has 3 rings (SSSR count). The first kappa shape index (κ1) is 17.5. The summed E-state index contributed by atoms with van der Waals surface area (Å²) in [5.74, 6) is 1.65. The Bertz CT molecular complexity index is 733. The van der Waals surface area contributed by atoms with Crippen molar-refractivity contribution in [1.29, 1.82) is 0 Å². The van der Waals surface area contributed by atoms with Gasteiger partial charge in [0.05, 0.1) is 12.2 Å². The summed E-state index contributed by atoms with van der Waals surface area (Å²) in [6, 6.07) is 7.85. The molecule has 0 unspecified atom stereocenters. The predicted molar refractivity (Wildman–Crippen MR) is 94.5 cm³/mol. The number of aromatic nitrogens is 1. The molecule has 1 aromatic carbocycles. The van der Waals surface area contributed by atoms with Crippen molar-refractivity contribution in [1.82, 2.24) is 15.0 Å². The largest absolute Gasteiger partial charge is 0.484 e. The number of hydrogen-bond acceptors (Lipinski definition) is 5. The van der Waals surface area contributed by atoms with Gasteiger partial charge < -0.3 is 14.2 Å². The van der Waals surface area contributed by atoms with Gasteiger partial charge in [-0.1, -0.05) is 11.2 Å². The molecule has 0 spiro atoms. The summed E-state index contributed by atoms with van der Waals surface area (Å²) >= 11 is 0. The molecule has 0 atom stereocenters. The molecule has 2 aromatic rings. The molecule has 1 fully saturated rings. The number of carbonyl (C=O) groups is 1. The topological polar surface area (TPSA) is 58.8 Å². The van der Waals surface area contributed by atoms with Crippen molar-refractivity contribution in [3.63, 3.8) is 0 Å². The molecule has 6 heteroatoms. The van der Waals surface area contributed by atoms with Crippen LogP contribution >= 0.6 is 0 Å². The molecule has 1 aliphatic rings. The Hall–Kier alpha value is -2.34. The van der Waals surface area contributed by atoms with Crippen LogP contribution in [0.15, 0.2) is 28.8 Å². The van der Waals surface area contributed by atoms with Crippen LogP contribution in [0.5, 0.6) is 5.75 Å². The number of aryl methyl sites for hydroxylation is 3. The second kappa shape index (κ2) is 7.70. The van der Waals surface area contributed by atoms with Gasteiger partial charge in [0, 0.05) is 32.2 Å². The second-order valence-corrected chi connectivity index (χ2v) is 6.63. The minimum atomic E-state index is 0.0355.